The smallest absolute Gasteiger partial charge is 0.164 e. The lowest BCUT2D eigenvalue weighted by Crippen LogP contribution is -2.01. The zero-order valence-electron chi connectivity index (χ0n) is 24.2. The van der Waals surface area contributed by atoms with Crippen molar-refractivity contribution in [1.29, 1.82) is 0 Å². The summed E-state index contributed by atoms with van der Waals surface area (Å²) in [6, 6.07) is 52.2. The maximum Gasteiger partial charge on any atom is 0.164 e. The van der Waals surface area contributed by atoms with Crippen LogP contribution in [0.3, 0.4) is 0 Å². The Kier molecular flexibility index (Phi) is 5.78. The molecule has 0 fully saturated rings. The minimum absolute atomic E-state index is 0.617. The first-order valence-electron chi connectivity index (χ1n) is 15.0. The van der Waals surface area contributed by atoms with Gasteiger partial charge in [-0.3, -0.25) is 0 Å². The highest BCUT2D eigenvalue weighted by Crippen LogP contribution is 2.37. The summed E-state index contributed by atoms with van der Waals surface area (Å²) in [6.45, 7) is 0. The molecule has 0 aliphatic rings. The van der Waals surface area contributed by atoms with Crippen LogP contribution in [0, 0.1) is 0 Å². The van der Waals surface area contributed by atoms with Crippen molar-refractivity contribution in [2.45, 2.75) is 0 Å². The summed E-state index contributed by atoms with van der Waals surface area (Å²) in [6.07, 6.45) is 0. The van der Waals surface area contributed by atoms with Crippen molar-refractivity contribution in [3.63, 3.8) is 0 Å². The number of hydrogen-bond donors (Lipinski definition) is 0. The van der Waals surface area contributed by atoms with Gasteiger partial charge in [-0.15, -0.1) is 0 Å². The highest BCUT2D eigenvalue weighted by Gasteiger charge is 2.18. The Bertz CT molecular complexity index is 2540. The van der Waals surface area contributed by atoms with Gasteiger partial charge in [0.1, 0.15) is 11.2 Å². The standard InChI is InChI=1S/C41H25N3O/c1-2-11-26(12-3-1)30-22-23-35(32-17-7-6-16-31(30)32)41-43-39(28-21-24-38-36(25-28)33-18-8-9-20-37(33)45-38)42-40(44-41)34-19-10-14-27-13-4-5-15-29(27)34/h1-25H. The van der Waals surface area contributed by atoms with E-state index >= 15 is 0 Å². The summed E-state index contributed by atoms with van der Waals surface area (Å²) >= 11 is 0. The number of aromatic nitrogens is 3. The molecule has 0 saturated carbocycles. The van der Waals surface area contributed by atoms with Crippen molar-refractivity contribution < 1.29 is 4.42 Å². The first kappa shape index (κ1) is 25.4. The zero-order chi connectivity index (χ0) is 29.7. The van der Waals surface area contributed by atoms with Gasteiger partial charge in [-0.05, 0) is 63.0 Å². The Labute approximate surface area is 259 Å². The highest BCUT2D eigenvalue weighted by atomic mass is 16.3. The van der Waals surface area contributed by atoms with Crippen LogP contribution in [0.2, 0.25) is 0 Å². The molecule has 45 heavy (non-hydrogen) atoms. The molecule has 210 valence electrons. The second-order valence-corrected chi connectivity index (χ2v) is 11.2. The van der Waals surface area contributed by atoms with Gasteiger partial charge in [0.2, 0.25) is 0 Å². The summed E-state index contributed by atoms with van der Waals surface area (Å²) < 4.78 is 6.12. The molecule has 0 spiro atoms. The van der Waals surface area contributed by atoms with Crippen LogP contribution in [-0.2, 0) is 0 Å². The Morgan fingerprint density at radius 1 is 0.333 bits per heavy atom. The first-order chi connectivity index (χ1) is 22.3. The number of nitrogens with zero attached hydrogens (tertiary/aromatic N) is 3. The van der Waals surface area contributed by atoms with Gasteiger partial charge in [0.25, 0.3) is 0 Å². The number of hydrogen-bond acceptors (Lipinski definition) is 4. The van der Waals surface area contributed by atoms with Gasteiger partial charge in [-0.25, -0.2) is 15.0 Å². The van der Waals surface area contributed by atoms with Crippen LogP contribution in [0.4, 0.5) is 0 Å². The SMILES string of the molecule is c1ccc(-c2ccc(-c3nc(-c4ccc5oc6ccccc6c5c4)nc(-c4cccc5ccccc45)n3)c3ccccc23)cc1. The molecule has 0 aliphatic heterocycles. The van der Waals surface area contributed by atoms with Gasteiger partial charge < -0.3 is 4.42 Å². The van der Waals surface area contributed by atoms with E-state index in [2.05, 4.69) is 115 Å². The van der Waals surface area contributed by atoms with Crippen LogP contribution < -0.4 is 0 Å². The maximum atomic E-state index is 6.12. The molecule has 0 amide bonds. The molecule has 0 unspecified atom stereocenters. The quantitative estimate of drug-likeness (QED) is 0.209. The normalized spacial score (nSPS) is 11.6. The summed E-state index contributed by atoms with van der Waals surface area (Å²) in [4.78, 5) is 15.4. The van der Waals surface area contributed by atoms with Gasteiger partial charge in [-0.1, -0.05) is 121 Å². The summed E-state index contributed by atoms with van der Waals surface area (Å²) in [7, 11) is 0. The molecule has 0 aliphatic carbocycles. The molecule has 0 N–H and O–H groups in total. The second-order valence-electron chi connectivity index (χ2n) is 11.2. The van der Waals surface area contributed by atoms with Gasteiger partial charge in [0.15, 0.2) is 17.5 Å². The summed E-state index contributed by atoms with van der Waals surface area (Å²) in [5.41, 5.74) is 6.89. The molecule has 0 atom stereocenters. The minimum Gasteiger partial charge on any atom is -0.456 e. The molecule has 7 aromatic carbocycles. The predicted octanol–water partition coefficient (Wildman–Crippen LogP) is 10.7. The molecular weight excluding hydrogens is 550 g/mol. The first-order valence-corrected chi connectivity index (χ1v) is 15.0. The molecule has 0 saturated heterocycles. The second kappa shape index (κ2) is 10.2. The zero-order valence-corrected chi connectivity index (χ0v) is 24.2. The molecule has 0 radical (unpaired) electrons. The monoisotopic (exact) mass is 575 g/mol. The molecule has 0 bridgehead atoms. The molecule has 9 aromatic rings. The van der Waals surface area contributed by atoms with E-state index < -0.39 is 0 Å². The lowest BCUT2D eigenvalue weighted by Gasteiger charge is -2.13. The number of furan rings is 1. The van der Waals surface area contributed by atoms with Crippen molar-refractivity contribution >= 4 is 43.5 Å². The van der Waals surface area contributed by atoms with Gasteiger partial charge in [-0.2, -0.15) is 0 Å². The van der Waals surface area contributed by atoms with Crippen molar-refractivity contribution in [1.82, 2.24) is 15.0 Å². The van der Waals surface area contributed by atoms with E-state index in [1.165, 1.54) is 11.1 Å². The van der Waals surface area contributed by atoms with E-state index in [1.54, 1.807) is 0 Å². The Morgan fingerprint density at radius 2 is 0.911 bits per heavy atom. The molecule has 4 heteroatoms. The average Bonchev–Trinajstić information content (AvgIpc) is 3.49. The average molecular weight is 576 g/mol. The molecule has 2 heterocycles. The van der Waals surface area contributed by atoms with Crippen molar-refractivity contribution in [3.8, 4) is 45.3 Å². The Hall–Kier alpha value is -6.13. The Morgan fingerprint density at radius 3 is 1.73 bits per heavy atom. The molecule has 4 nitrogen and oxygen atoms in total. The highest BCUT2D eigenvalue weighted by molar-refractivity contribution is 6.07. The van der Waals surface area contributed by atoms with Gasteiger partial charge in [0.05, 0.1) is 0 Å². The van der Waals surface area contributed by atoms with E-state index in [0.717, 1.165) is 60.2 Å². The topological polar surface area (TPSA) is 51.8 Å². The fraction of sp³-hybridized carbons (Fsp3) is 0. The van der Waals surface area contributed by atoms with E-state index in [9.17, 15) is 0 Å². The summed E-state index contributed by atoms with van der Waals surface area (Å²) in [5.74, 6) is 1.89. The number of para-hydroxylation sites is 1. The minimum atomic E-state index is 0.617. The van der Waals surface area contributed by atoms with Crippen LogP contribution in [0.25, 0.3) is 88.8 Å². The summed E-state index contributed by atoms with van der Waals surface area (Å²) in [5, 5.41) is 6.60. The number of fused-ring (bicyclic) bond motifs is 5. The van der Waals surface area contributed by atoms with Crippen LogP contribution in [0.5, 0.6) is 0 Å². The van der Waals surface area contributed by atoms with E-state index in [4.69, 9.17) is 19.4 Å². The lowest BCUT2D eigenvalue weighted by atomic mass is 9.94. The van der Waals surface area contributed by atoms with Crippen LogP contribution in [0.15, 0.2) is 156 Å². The maximum absolute atomic E-state index is 6.12. The van der Waals surface area contributed by atoms with Crippen molar-refractivity contribution in [2.75, 3.05) is 0 Å². The van der Waals surface area contributed by atoms with Crippen molar-refractivity contribution in [2.24, 2.45) is 0 Å². The predicted molar refractivity (Wildman–Crippen MR) is 184 cm³/mol. The number of benzene rings is 7. The number of rotatable bonds is 4. The third-order valence-electron chi connectivity index (χ3n) is 8.55. The lowest BCUT2D eigenvalue weighted by molar-refractivity contribution is 0.669. The fourth-order valence-electron chi connectivity index (χ4n) is 6.40. The van der Waals surface area contributed by atoms with E-state index in [1.807, 2.05) is 36.4 Å². The largest absolute Gasteiger partial charge is 0.456 e. The van der Waals surface area contributed by atoms with Gasteiger partial charge in [0, 0.05) is 27.5 Å². The Balaban J connectivity index is 1.31. The van der Waals surface area contributed by atoms with Crippen LogP contribution in [0.1, 0.15) is 0 Å². The van der Waals surface area contributed by atoms with Crippen LogP contribution in [-0.4, -0.2) is 15.0 Å². The molecule has 9 rings (SSSR count). The fourth-order valence-corrected chi connectivity index (χ4v) is 6.40. The van der Waals surface area contributed by atoms with E-state index in [-0.39, 0.29) is 0 Å². The molecular formula is C41H25N3O. The van der Waals surface area contributed by atoms with Crippen molar-refractivity contribution in [3.05, 3.63) is 152 Å². The van der Waals surface area contributed by atoms with E-state index in [0.29, 0.717) is 17.5 Å². The third-order valence-corrected chi connectivity index (χ3v) is 8.55. The molecule has 2 aromatic heterocycles. The van der Waals surface area contributed by atoms with Crippen LogP contribution >= 0.6 is 0 Å². The third kappa shape index (κ3) is 4.27. The van der Waals surface area contributed by atoms with Gasteiger partial charge >= 0.3 is 0 Å².